The molecular formula is C21H18F4N8O. The summed E-state index contributed by atoms with van der Waals surface area (Å²) in [7, 11) is 0. The van der Waals surface area contributed by atoms with Crippen molar-refractivity contribution in [2.75, 3.05) is 5.32 Å². The standard InChI is InChI=1S/C21H18F4N8O/c1-11(2)33-19(29-30-31-33)15-5-4-6-18(27-15)28-20(34)13-8-16(12(3)7-14(13)22)32-9-17(26-10-32)21(23,24)25/h4-11H,1-3H3,(H,27,28,34). The van der Waals surface area contributed by atoms with Crippen molar-refractivity contribution in [2.24, 2.45) is 0 Å². The molecule has 176 valence electrons. The average molecular weight is 474 g/mol. The lowest BCUT2D eigenvalue weighted by atomic mass is 10.1. The number of tetrazole rings is 1. The number of alkyl halides is 3. The Morgan fingerprint density at radius 3 is 2.62 bits per heavy atom. The van der Waals surface area contributed by atoms with E-state index in [2.05, 4.69) is 30.8 Å². The lowest BCUT2D eigenvalue weighted by Gasteiger charge is -2.12. The molecule has 4 rings (SSSR count). The smallest absolute Gasteiger partial charge is 0.306 e. The van der Waals surface area contributed by atoms with Crippen LogP contribution in [0.1, 0.15) is 41.5 Å². The molecule has 0 aliphatic heterocycles. The number of hydrogen-bond acceptors (Lipinski definition) is 6. The van der Waals surface area contributed by atoms with E-state index in [0.29, 0.717) is 17.1 Å². The molecule has 0 atom stereocenters. The molecule has 34 heavy (non-hydrogen) atoms. The van der Waals surface area contributed by atoms with Gasteiger partial charge in [-0.1, -0.05) is 6.07 Å². The monoisotopic (exact) mass is 474 g/mol. The van der Waals surface area contributed by atoms with Crippen LogP contribution in [-0.2, 0) is 6.18 Å². The van der Waals surface area contributed by atoms with Gasteiger partial charge in [-0.15, -0.1) is 5.10 Å². The van der Waals surface area contributed by atoms with Crippen molar-refractivity contribution in [1.29, 1.82) is 0 Å². The molecule has 1 amide bonds. The minimum Gasteiger partial charge on any atom is -0.306 e. The molecule has 4 aromatic rings. The van der Waals surface area contributed by atoms with Gasteiger partial charge in [0.2, 0.25) is 5.82 Å². The molecular weight excluding hydrogens is 456 g/mol. The highest BCUT2D eigenvalue weighted by molar-refractivity contribution is 6.04. The van der Waals surface area contributed by atoms with Crippen LogP contribution in [0.15, 0.2) is 42.9 Å². The number of amides is 1. The fourth-order valence-corrected chi connectivity index (χ4v) is 3.24. The molecule has 1 N–H and O–H groups in total. The Balaban J connectivity index is 1.64. The first-order chi connectivity index (χ1) is 16.0. The molecule has 0 fully saturated rings. The van der Waals surface area contributed by atoms with E-state index in [1.54, 1.807) is 16.8 Å². The van der Waals surface area contributed by atoms with Crippen molar-refractivity contribution in [3.8, 4) is 17.2 Å². The average Bonchev–Trinajstić information content (AvgIpc) is 3.44. The fraction of sp³-hybridized carbons (Fsp3) is 0.238. The van der Waals surface area contributed by atoms with Crippen LogP contribution in [0.25, 0.3) is 17.2 Å². The Labute approximate surface area is 190 Å². The van der Waals surface area contributed by atoms with E-state index in [-0.39, 0.29) is 23.1 Å². The van der Waals surface area contributed by atoms with Crippen molar-refractivity contribution in [3.05, 3.63) is 65.5 Å². The van der Waals surface area contributed by atoms with E-state index in [1.807, 2.05) is 13.8 Å². The zero-order valence-corrected chi connectivity index (χ0v) is 18.2. The Morgan fingerprint density at radius 2 is 1.94 bits per heavy atom. The third-order valence-corrected chi connectivity index (χ3v) is 4.88. The summed E-state index contributed by atoms with van der Waals surface area (Å²) in [6.07, 6.45) is -2.91. The van der Waals surface area contributed by atoms with E-state index < -0.39 is 23.6 Å². The number of hydrogen-bond donors (Lipinski definition) is 1. The van der Waals surface area contributed by atoms with Crippen molar-refractivity contribution >= 4 is 11.7 Å². The fourth-order valence-electron chi connectivity index (χ4n) is 3.24. The van der Waals surface area contributed by atoms with Crippen molar-refractivity contribution in [3.63, 3.8) is 0 Å². The SMILES string of the molecule is Cc1cc(F)c(C(=O)Nc2cccc(-c3nnnn3C(C)C)n2)cc1-n1cnc(C(F)(F)F)c1. The third kappa shape index (κ3) is 4.49. The largest absolute Gasteiger partial charge is 0.434 e. The highest BCUT2D eigenvalue weighted by atomic mass is 19.4. The first kappa shape index (κ1) is 23.0. The maximum Gasteiger partial charge on any atom is 0.434 e. The molecule has 0 unspecified atom stereocenters. The molecule has 1 aromatic carbocycles. The number of rotatable bonds is 5. The molecule has 0 aliphatic carbocycles. The summed E-state index contributed by atoms with van der Waals surface area (Å²) in [5, 5.41) is 14.0. The number of imidazole rings is 1. The van der Waals surface area contributed by atoms with Crippen LogP contribution in [0, 0.1) is 12.7 Å². The minimum atomic E-state index is -4.63. The van der Waals surface area contributed by atoms with Gasteiger partial charge in [0, 0.05) is 6.20 Å². The van der Waals surface area contributed by atoms with Crippen LogP contribution in [0.4, 0.5) is 23.4 Å². The van der Waals surface area contributed by atoms with E-state index in [0.717, 1.165) is 29.2 Å². The van der Waals surface area contributed by atoms with Crippen molar-refractivity contribution in [2.45, 2.75) is 33.0 Å². The first-order valence-corrected chi connectivity index (χ1v) is 10.0. The van der Waals surface area contributed by atoms with Crippen molar-refractivity contribution in [1.82, 2.24) is 34.7 Å². The second-order valence-electron chi connectivity index (χ2n) is 7.69. The molecule has 13 heteroatoms. The molecule has 0 aliphatic rings. The van der Waals surface area contributed by atoms with Crippen LogP contribution >= 0.6 is 0 Å². The lowest BCUT2D eigenvalue weighted by Crippen LogP contribution is -2.16. The summed E-state index contributed by atoms with van der Waals surface area (Å²) >= 11 is 0. The number of aromatic nitrogens is 7. The topological polar surface area (TPSA) is 103 Å². The molecule has 3 heterocycles. The minimum absolute atomic E-state index is 0.0360. The van der Waals surface area contributed by atoms with Gasteiger partial charge in [0.15, 0.2) is 5.69 Å². The van der Waals surface area contributed by atoms with Gasteiger partial charge in [-0.05, 0) is 61.0 Å². The second-order valence-corrected chi connectivity index (χ2v) is 7.69. The van der Waals surface area contributed by atoms with Crippen molar-refractivity contribution < 1.29 is 22.4 Å². The predicted octanol–water partition coefficient (Wildman–Crippen LogP) is 4.22. The van der Waals surface area contributed by atoms with Gasteiger partial charge in [0.25, 0.3) is 5.91 Å². The van der Waals surface area contributed by atoms with Crippen LogP contribution in [0.3, 0.4) is 0 Å². The molecule has 0 saturated heterocycles. The normalized spacial score (nSPS) is 11.8. The Hall–Kier alpha value is -4.16. The number of benzene rings is 1. The van der Waals surface area contributed by atoms with Gasteiger partial charge in [-0.2, -0.15) is 13.2 Å². The Bertz CT molecular complexity index is 1360. The summed E-state index contributed by atoms with van der Waals surface area (Å²) in [5.74, 6) is -1.17. The highest BCUT2D eigenvalue weighted by Crippen LogP contribution is 2.29. The number of nitrogens with one attached hydrogen (secondary N) is 1. The second kappa shape index (κ2) is 8.65. The van der Waals surface area contributed by atoms with Crippen LogP contribution in [0.2, 0.25) is 0 Å². The number of carbonyl (C=O) groups excluding carboxylic acids is 1. The van der Waals surface area contributed by atoms with E-state index in [4.69, 9.17) is 0 Å². The third-order valence-electron chi connectivity index (χ3n) is 4.88. The summed E-state index contributed by atoms with van der Waals surface area (Å²) in [5.41, 5.74) is -0.595. The van der Waals surface area contributed by atoms with Crippen LogP contribution in [0.5, 0.6) is 0 Å². The number of nitrogens with zero attached hydrogens (tertiary/aromatic N) is 7. The van der Waals surface area contributed by atoms with Crippen LogP contribution < -0.4 is 5.32 Å². The Morgan fingerprint density at radius 1 is 1.18 bits per heavy atom. The quantitative estimate of drug-likeness (QED) is 0.435. The molecule has 0 spiro atoms. The summed E-state index contributed by atoms with van der Waals surface area (Å²) in [4.78, 5) is 20.5. The summed E-state index contributed by atoms with van der Waals surface area (Å²) in [6, 6.07) is 6.97. The summed E-state index contributed by atoms with van der Waals surface area (Å²) < 4.78 is 56.0. The number of anilines is 1. The molecule has 0 bridgehead atoms. The predicted molar refractivity (Wildman–Crippen MR) is 113 cm³/mol. The van der Waals surface area contributed by atoms with Gasteiger partial charge < -0.3 is 9.88 Å². The van der Waals surface area contributed by atoms with Gasteiger partial charge in [-0.3, -0.25) is 4.79 Å². The molecule has 0 saturated carbocycles. The number of aryl methyl sites for hydroxylation is 1. The maximum absolute atomic E-state index is 14.6. The molecule has 0 radical (unpaired) electrons. The molecule has 3 aromatic heterocycles. The van der Waals surface area contributed by atoms with Crippen LogP contribution in [-0.4, -0.2) is 40.6 Å². The van der Waals surface area contributed by atoms with Gasteiger partial charge in [0.05, 0.1) is 23.6 Å². The van der Waals surface area contributed by atoms with Gasteiger partial charge >= 0.3 is 6.18 Å². The highest BCUT2D eigenvalue weighted by Gasteiger charge is 2.33. The zero-order chi connectivity index (χ0) is 24.6. The zero-order valence-electron chi connectivity index (χ0n) is 18.2. The number of halogens is 4. The van der Waals surface area contributed by atoms with Gasteiger partial charge in [-0.25, -0.2) is 19.0 Å². The molecule has 9 nitrogen and oxygen atoms in total. The maximum atomic E-state index is 14.6. The Kier molecular flexibility index (Phi) is 5.85. The van der Waals surface area contributed by atoms with E-state index in [9.17, 15) is 22.4 Å². The van der Waals surface area contributed by atoms with E-state index in [1.165, 1.54) is 13.0 Å². The number of pyridine rings is 1. The van der Waals surface area contributed by atoms with E-state index >= 15 is 0 Å². The number of carbonyl (C=O) groups is 1. The lowest BCUT2D eigenvalue weighted by molar-refractivity contribution is -0.140. The first-order valence-electron chi connectivity index (χ1n) is 10.0. The summed E-state index contributed by atoms with van der Waals surface area (Å²) in [6.45, 7) is 5.29. The van der Waals surface area contributed by atoms with Gasteiger partial charge in [0.1, 0.15) is 17.3 Å².